The third kappa shape index (κ3) is 3.04. The summed E-state index contributed by atoms with van der Waals surface area (Å²) in [6, 6.07) is 7.95. The second kappa shape index (κ2) is 6.96. The number of hydrogen-bond donors (Lipinski definition) is 1. The quantitative estimate of drug-likeness (QED) is 0.866. The molecule has 0 bridgehead atoms. The van der Waals surface area contributed by atoms with Crippen LogP contribution in [0.1, 0.15) is 27.7 Å². The highest BCUT2D eigenvalue weighted by molar-refractivity contribution is 5.95. The van der Waals surface area contributed by atoms with Crippen molar-refractivity contribution in [3.8, 4) is 0 Å². The van der Waals surface area contributed by atoms with Crippen LogP contribution in [0.4, 0.5) is 9.18 Å². The average Bonchev–Trinajstić information content (AvgIpc) is 3.33. The standard InChI is InChI=1S/C21H25FN4O2/c1-13-17(7-8-23-13)20(27)25-10-15-11-26(21(28)24(2)3)19(18(15)12-25)14-5-4-6-16(22)9-14/h4-9,15,18-19,23H,10-12H2,1-3H3/t15-,18-,19+/m1/s1. The fourth-order valence-corrected chi connectivity index (χ4v) is 4.64. The first-order chi connectivity index (χ1) is 13.4. The van der Waals surface area contributed by atoms with E-state index in [1.807, 2.05) is 22.8 Å². The topological polar surface area (TPSA) is 59.7 Å². The molecule has 6 nitrogen and oxygen atoms in total. The van der Waals surface area contributed by atoms with Crippen LogP contribution in [0.2, 0.25) is 0 Å². The Morgan fingerprint density at radius 3 is 2.61 bits per heavy atom. The van der Waals surface area contributed by atoms with Crippen molar-refractivity contribution in [2.24, 2.45) is 11.8 Å². The molecule has 0 unspecified atom stereocenters. The summed E-state index contributed by atoms with van der Waals surface area (Å²) < 4.78 is 13.9. The SMILES string of the molecule is Cc1[nH]ccc1C(=O)N1C[C@@H]2CN(C(=O)N(C)C)[C@@H](c3cccc(F)c3)[C@@H]2C1. The van der Waals surface area contributed by atoms with Gasteiger partial charge in [0.25, 0.3) is 5.91 Å². The number of hydrogen-bond acceptors (Lipinski definition) is 2. The molecule has 1 aromatic heterocycles. The van der Waals surface area contributed by atoms with Gasteiger partial charge in [0.2, 0.25) is 0 Å². The summed E-state index contributed by atoms with van der Waals surface area (Å²) in [5.74, 6) is -0.0297. The fraction of sp³-hybridized carbons (Fsp3) is 0.429. The number of benzene rings is 1. The summed E-state index contributed by atoms with van der Waals surface area (Å²) in [5.41, 5.74) is 2.33. The molecule has 3 atom stereocenters. The van der Waals surface area contributed by atoms with Gasteiger partial charge in [-0.05, 0) is 30.7 Å². The van der Waals surface area contributed by atoms with Crippen LogP contribution < -0.4 is 0 Å². The van der Waals surface area contributed by atoms with Crippen LogP contribution in [-0.4, -0.2) is 65.4 Å². The van der Waals surface area contributed by atoms with Crippen molar-refractivity contribution in [1.29, 1.82) is 0 Å². The van der Waals surface area contributed by atoms with E-state index >= 15 is 0 Å². The van der Waals surface area contributed by atoms with E-state index in [-0.39, 0.29) is 35.6 Å². The van der Waals surface area contributed by atoms with Gasteiger partial charge in [-0.25, -0.2) is 9.18 Å². The first kappa shape index (κ1) is 18.5. The first-order valence-corrected chi connectivity index (χ1v) is 9.53. The van der Waals surface area contributed by atoms with Gasteiger partial charge in [0, 0.05) is 57.5 Å². The summed E-state index contributed by atoms with van der Waals surface area (Å²) in [7, 11) is 3.45. The summed E-state index contributed by atoms with van der Waals surface area (Å²) in [6.45, 7) is 3.62. The van der Waals surface area contributed by atoms with E-state index in [1.54, 1.807) is 37.3 Å². The number of nitrogens with one attached hydrogen (secondary N) is 1. The van der Waals surface area contributed by atoms with E-state index in [9.17, 15) is 14.0 Å². The van der Waals surface area contributed by atoms with Crippen LogP contribution in [0.15, 0.2) is 36.5 Å². The molecule has 148 valence electrons. The zero-order valence-electron chi connectivity index (χ0n) is 16.4. The number of amides is 3. The van der Waals surface area contributed by atoms with Crippen LogP contribution >= 0.6 is 0 Å². The number of urea groups is 1. The maximum absolute atomic E-state index is 13.9. The van der Waals surface area contributed by atoms with Crippen molar-refractivity contribution < 1.29 is 14.0 Å². The Kier molecular flexibility index (Phi) is 4.61. The van der Waals surface area contributed by atoms with Crippen molar-refractivity contribution in [3.05, 3.63) is 59.2 Å². The molecule has 1 aromatic carbocycles. The first-order valence-electron chi connectivity index (χ1n) is 9.53. The van der Waals surface area contributed by atoms with Gasteiger partial charge in [0.1, 0.15) is 5.82 Å². The zero-order chi connectivity index (χ0) is 20.0. The van der Waals surface area contributed by atoms with E-state index in [1.165, 1.54) is 12.1 Å². The fourth-order valence-electron chi connectivity index (χ4n) is 4.64. The predicted octanol–water partition coefficient (Wildman–Crippen LogP) is 2.89. The van der Waals surface area contributed by atoms with Crippen molar-refractivity contribution in [1.82, 2.24) is 19.7 Å². The number of halogens is 1. The van der Waals surface area contributed by atoms with Gasteiger partial charge in [-0.3, -0.25) is 4.79 Å². The summed E-state index contributed by atoms with van der Waals surface area (Å²) in [4.78, 5) is 34.0. The lowest BCUT2D eigenvalue weighted by molar-refractivity contribution is 0.0766. The lowest BCUT2D eigenvalue weighted by Crippen LogP contribution is -2.42. The third-order valence-corrected chi connectivity index (χ3v) is 5.95. The van der Waals surface area contributed by atoms with Crippen molar-refractivity contribution in [2.45, 2.75) is 13.0 Å². The van der Waals surface area contributed by atoms with Gasteiger partial charge < -0.3 is 19.7 Å². The average molecular weight is 384 g/mol. The number of likely N-dealkylation sites (tertiary alicyclic amines) is 2. The van der Waals surface area contributed by atoms with Crippen LogP contribution in [0.25, 0.3) is 0 Å². The van der Waals surface area contributed by atoms with Gasteiger partial charge in [-0.2, -0.15) is 0 Å². The number of fused-ring (bicyclic) bond motifs is 1. The molecule has 0 radical (unpaired) electrons. The van der Waals surface area contributed by atoms with Gasteiger partial charge >= 0.3 is 6.03 Å². The molecule has 3 heterocycles. The lowest BCUT2D eigenvalue weighted by atomic mass is 9.89. The minimum absolute atomic E-state index is 0.0108. The monoisotopic (exact) mass is 384 g/mol. The van der Waals surface area contributed by atoms with E-state index in [0.29, 0.717) is 25.2 Å². The Labute approximate surface area is 163 Å². The van der Waals surface area contributed by atoms with E-state index in [4.69, 9.17) is 0 Å². The number of carbonyl (C=O) groups excluding carboxylic acids is 2. The van der Waals surface area contributed by atoms with Gasteiger partial charge in [0.05, 0.1) is 11.6 Å². The number of aromatic nitrogens is 1. The summed E-state index contributed by atoms with van der Waals surface area (Å²) >= 11 is 0. The minimum Gasteiger partial charge on any atom is -0.365 e. The number of nitrogens with zero attached hydrogens (tertiary/aromatic N) is 3. The smallest absolute Gasteiger partial charge is 0.320 e. The highest BCUT2D eigenvalue weighted by atomic mass is 19.1. The molecule has 2 aliphatic rings. The Morgan fingerprint density at radius 1 is 1.18 bits per heavy atom. The Bertz CT molecular complexity index is 909. The largest absolute Gasteiger partial charge is 0.365 e. The molecule has 1 N–H and O–H groups in total. The second-order valence-corrected chi connectivity index (χ2v) is 7.98. The third-order valence-electron chi connectivity index (χ3n) is 5.95. The zero-order valence-corrected chi connectivity index (χ0v) is 16.4. The summed E-state index contributed by atoms with van der Waals surface area (Å²) in [5, 5.41) is 0. The van der Waals surface area contributed by atoms with Crippen LogP contribution in [0, 0.1) is 24.6 Å². The Balaban J connectivity index is 1.63. The van der Waals surface area contributed by atoms with Gasteiger partial charge in [0.15, 0.2) is 0 Å². The molecule has 0 aliphatic carbocycles. The predicted molar refractivity (Wildman–Crippen MR) is 103 cm³/mol. The second-order valence-electron chi connectivity index (χ2n) is 7.98. The van der Waals surface area contributed by atoms with Crippen molar-refractivity contribution in [3.63, 3.8) is 0 Å². The van der Waals surface area contributed by atoms with Crippen LogP contribution in [-0.2, 0) is 0 Å². The van der Waals surface area contributed by atoms with E-state index < -0.39 is 0 Å². The number of aryl methyl sites for hydroxylation is 1. The van der Waals surface area contributed by atoms with Crippen LogP contribution in [0.5, 0.6) is 0 Å². The molecule has 2 saturated heterocycles. The molecule has 2 aliphatic heterocycles. The molecule has 0 saturated carbocycles. The van der Waals surface area contributed by atoms with E-state index in [2.05, 4.69) is 4.98 Å². The van der Waals surface area contributed by atoms with Gasteiger partial charge in [-0.1, -0.05) is 12.1 Å². The van der Waals surface area contributed by atoms with Crippen molar-refractivity contribution >= 4 is 11.9 Å². The summed E-state index contributed by atoms with van der Waals surface area (Å²) in [6.07, 6.45) is 1.77. The molecular weight excluding hydrogens is 359 g/mol. The number of H-pyrrole nitrogens is 1. The molecule has 3 amide bonds. The number of carbonyl (C=O) groups is 2. The molecular formula is C21H25FN4O2. The normalized spacial score (nSPS) is 23.8. The maximum Gasteiger partial charge on any atom is 0.320 e. The lowest BCUT2D eigenvalue weighted by Gasteiger charge is -2.32. The van der Waals surface area contributed by atoms with Gasteiger partial charge in [-0.15, -0.1) is 0 Å². The highest BCUT2D eigenvalue weighted by Gasteiger charge is 2.50. The number of rotatable bonds is 2. The number of aromatic amines is 1. The minimum atomic E-state index is -0.313. The Hall–Kier alpha value is -2.83. The molecule has 2 aromatic rings. The molecule has 28 heavy (non-hydrogen) atoms. The molecule has 0 spiro atoms. The van der Waals surface area contributed by atoms with E-state index in [0.717, 1.165) is 11.3 Å². The van der Waals surface area contributed by atoms with Crippen molar-refractivity contribution in [2.75, 3.05) is 33.7 Å². The maximum atomic E-state index is 13.9. The van der Waals surface area contributed by atoms with Crippen LogP contribution in [0.3, 0.4) is 0 Å². The molecule has 4 rings (SSSR count). The Morgan fingerprint density at radius 2 is 1.96 bits per heavy atom. The molecule has 2 fully saturated rings. The highest BCUT2D eigenvalue weighted by Crippen LogP contribution is 2.45. The molecule has 7 heteroatoms.